The molecule has 0 saturated carbocycles. The van der Waals surface area contributed by atoms with Crippen LogP contribution in [-0.4, -0.2) is 0 Å². The minimum Gasteiger partial charge on any atom is -0.154 e. The van der Waals surface area contributed by atoms with Gasteiger partial charge in [-0.05, 0) is 47.0 Å². The lowest BCUT2D eigenvalue weighted by Crippen LogP contribution is -1.90. The lowest BCUT2D eigenvalue weighted by atomic mass is 10.3. The minimum absolute atomic E-state index is 0.753. The summed E-state index contributed by atoms with van der Waals surface area (Å²) in [6.45, 7) is 6.70. The van der Waals surface area contributed by atoms with Crippen LogP contribution in [0, 0.1) is 0 Å². The van der Waals surface area contributed by atoms with E-state index in [4.69, 9.17) is 0 Å². The SMILES string of the molecule is CC1=CC=CS12C=CC(C)=C2C. The first kappa shape index (κ1) is 7.93. The van der Waals surface area contributed by atoms with Gasteiger partial charge in [-0.3, -0.25) is 0 Å². The molecular weight excluding hydrogens is 164 g/mol. The molecule has 1 atom stereocenters. The van der Waals surface area contributed by atoms with Crippen molar-refractivity contribution >= 4 is 10.0 Å². The summed E-state index contributed by atoms with van der Waals surface area (Å²) in [7, 11) is -0.753. The molecule has 12 heavy (non-hydrogen) atoms. The maximum Gasteiger partial charge on any atom is -0.0217 e. The zero-order valence-electron chi connectivity index (χ0n) is 7.79. The molecule has 0 bridgehead atoms. The monoisotopic (exact) mass is 178 g/mol. The standard InChI is InChI=1S/C11H14S/c1-9-6-8-12(11(9)3)7-4-5-10(12)2/h4-8H,1-3H3. The number of rotatable bonds is 0. The van der Waals surface area contributed by atoms with Gasteiger partial charge in [0.15, 0.2) is 0 Å². The van der Waals surface area contributed by atoms with Gasteiger partial charge >= 0.3 is 0 Å². The van der Waals surface area contributed by atoms with Gasteiger partial charge in [0.1, 0.15) is 0 Å². The van der Waals surface area contributed by atoms with Crippen LogP contribution in [-0.2, 0) is 0 Å². The summed E-state index contributed by atoms with van der Waals surface area (Å²) < 4.78 is 0. The van der Waals surface area contributed by atoms with E-state index in [9.17, 15) is 0 Å². The van der Waals surface area contributed by atoms with E-state index in [1.54, 1.807) is 4.91 Å². The molecule has 0 aromatic rings. The normalized spacial score (nSPS) is 37.8. The molecule has 0 fully saturated rings. The summed E-state index contributed by atoms with van der Waals surface area (Å²) in [5, 5.41) is 4.75. The first-order chi connectivity index (χ1) is 5.67. The third-order valence-electron chi connectivity index (χ3n) is 2.75. The van der Waals surface area contributed by atoms with Crippen molar-refractivity contribution in [3.05, 3.63) is 44.4 Å². The second-order valence-corrected chi connectivity index (χ2v) is 6.58. The van der Waals surface area contributed by atoms with Crippen molar-refractivity contribution in [3.63, 3.8) is 0 Å². The third-order valence-corrected chi connectivity index (χ3v) is 6.44. The zero-order valence-corrected chi connectivity index (χ0v) is 8.61. The fourth-order valence-electron chi connectivity index (χ4n) is 1.71. The smallest absolute Gasteiger partial charge is 0.0217 e. The van der Waals surface area contributed by atoms with Gasteiger partial charge in [-0.25, -0.2) is 0 Å². The zero-order chi connectivity index (χ0) is 8.77. The molecule has 2 rings (SSSR count). The summed E-state index contributed by atoms with van der Waals surface area (Å²) >= 11 is 0. The molecule has 0 N–H and O–H groups in total. The van der Waals surface area contributed by atoms with E-state index in [1.165, 1.54) is 10.5 Å². The Morgan fingerprint density at radius 2 is 1.83 bits per heavy atom. The first-order valence-electron chi connectivity index (χ1n) is 4.21. The molecule has 0 aromatic heterocycles. The van der Waals surface area contributed by atoms with E-state index in [0.29, 0.717) is 0 Å². The minimum atomic E-state index is -0.753. The molecule has 2 aliphatic heterocycles. The molecule has 64 valence electrons. The van der Waals surface area contributed by atoms with E-state index >= 15 is 0 Å². The molecule has 0 radical (unpaired) electrons. The van der Waals surface area contributed by atoms with Gasteiger partial charge in [0.05, 0.1) is 0 Å². The van der Waals surface area contributed by atoms with Crippen LogP contribution in [0.5, 0.6) is 0 Å². The van der Waals surface area contributed by atoms with Crippen molar-refractivity contribution in [3.8, 4) is 0 Å². The molecule has 0 saturated heterocycles. The highest BCUT2D eigenvalue weighted by molar-refractivity contribution is 8.44. The van der Waals surface area contributed by atoms with Gasteiger partial charge < -0.3 is 0 Å². The first-order valence-corrected chi connectivity index (χ1v) is 5.97. The lowest BCUT2D eigenvalue weighted by molar-refractivity contribution is 1.47. The quantitative estimate of drug-likeness (QED) is 0.525. The summed E-state index contributed by atoms with van der Waals surface area (Å²) in [6.07, 6.45) is 6.69. The number of hydrogen-bond acceptors (Lipinski definition) is 0. The fraction of sp³-hybridized carbons (Fsp3) is 0.273. The van der Waals surface area contributed by atoms with Crippen LogP contribution in [0.25, 0.3) is 0 Å². The van der Waals surface area contributed by atoms with Gasteiger partial charge in [0, 0.05) is 0 Å². The highest BCUT2D eigenvalue weighted by atomic mass is 32.3. The van der Waals surface area contributed by atoms with Gasteiger partial charge in [-0.1, -0.05) is 18.2 Å². The lowest BCUT2D eigenvalue weighted by Gasteiger charge is -2.30. The van der Waals surface area contributed by atoms with Crippen molar-refractivity contribution < 1.29 is 0 Å². The van der Waals surface area contributed by atoms with Crippen molar-refractivity contribution in [2.45, 2.75) is 20.8 Å². The van der Waals surface area contributed by atoms with Crippen molar-refractivity contribution in [1.82, 2.24) is 0 Å². The summed E-state index contributed by atoms with van der Waals surface area (Å²) in [4.78, 5) is 3.08. The Bertz CT molecular complexity index is 342. The van der Waals surface area contributed by atoms with Crippen LogP contribution in [0.15, 0.2) is 44.4 Å². The molecule has 0 aromatic carbocycles. The highest BCUT2D eigenvalue weighted by Crippen LogP contribution is 2.69. The molecule has 2 aliphatic rings. The largest absolute Gasteiger partial charge is 0.154 e. The van der Waals surface area contributed by atoms with Crippen molar-refractivity contribution in [1.29, 1.82) is 0 Å². The Balaban J connectivity index is 2.56. The van der Waals surface area contributed by atoms with Crippen LogP contribution >= 0.6 is 10.0 Å². The molecular formula is C11H14S. The second-order valence-electron chi connectivity index (χ2n) is 3.36. The van der Waals surface area contributed by atoms with Crippen LogP contribution in [0.1, 0.15) is 20.8 Å². The topological polar surface area (TPSA) is 0 Å². The molecule has 0 aliphatic carbocycles. The van der Waals surface area contributed by atoms with E-state index < -0.39 is 10.0 Å². The van der Waals surface area contributed by atoms with Gasteiger partial charge in [0.25, 0.3) is 0 Å². The predicted octanol–water partition coefficient (Wildman–Crippen LogP) is 4.04. The Morgan fingerprint density at radius 3 is 2.25 bits per heavy atom. The van der Waals surface area contributed by atoms with Crippen LogP contribution in [0.3, 0.4) is 0 Å². The van der Waals surface area contributed by atoms with Crippen LogP contribution < -0.4 is 0 Å². The Labute approximate surface area is 75.7 Å². The Morgan fingerprint density at radius 1 is 1.08 bits per heavy atom. The highest BCUT2D eigenvalue weighted by Gasteiger charge is 2.28. The van der Waals surface area contributed by atoms with Crippen molar-refractivity contribution in [2.75, 3.05) is 0 Å². The number of allylic oxidation sites excluding steroid dienone is 6. The van der Waals surface area contributed by atoms with Gasteiger partial charge in [-0.2, -0.15) is 10.0 Å². The van der Waals surface area contributed by atoms with Crippen molar-refractivity contribution in [2.24, 2.45) is 0 Å². The average Bonchev–Trinajstić information content (AvgIpc) is 2.54. The van der Waals surface area contributed by atoms with Crippen LogP contribution in [0.4, 0.5) is 0 Å². The summed E-state index contributed by atoms with van der Waals surface area (Å²) in [6, 6.07) is 0. The van der Waals surface area contributed by atoms with E-state index in [-0.39, 0.29) is 0 Å². The van der Waals surface area contributed by atoms with Gasteiger partial charge in [-0.15, -0.1) is 0 Å². The Hall–Kier alpha value is -0.690. The van der Waals surface area contributed by atoms with E-state index in [1.807, 2.05) is 0 Å². The Kier molecular flexibility index (Phi) is 1.58. The van der Waals surface area contributed by atoms with Gasteiger partial charge in [0.2, 0.25) is 0 Å². The third kappa shape index (κ3) is 0.802. The van der Waals surface area contributed by atoms with E-state index in [2.05, 4.69) is 49.8 Å². The fourth-order valence-corrected chi connectivity index (χ4v) is 4.77. The summed E-state index contributed by atoms with van der Waals surface area (Å²) in [5.41, 5.74) is 1.45. The molecule has 2 heterocycles. The van der Waals surface area contributed by atoms with Crippen LogP contribution in [0.2, 0.25) is 0 Å². The molecule has 0 amide bonds. The maximum atomic E-state index is 2.38. The average molecular weight is 178 g/mol. The number of hydrogen-bond donors (Lipinski definition) is 0. The predicted molar refractivity (Wildman–Crippen MR) is 58.0 cm³/mol. The molecule has 1 unspecified atom stereocenters. The maximum absolute atomic E-state index is 2.38. The van der Waals surface area contributed by atoms with E-state index in [0.717, 1.165) is 0 Å². The molecule has 0 nitrogen and oxygen atoms in total. The molecule has 1 heteroatoms. The molecule has 1 spiro atoms. The second kappa shape index (κ2) is 2.40. The summed E-state index contributed by atoms with van der Waals surface area (Å²) in [5.74, 6) is 0.